The van der Waals surface area contributed by atoms with Gasteiger partial charge in [-0.25, -0.2) is 0 Å². The molecule has 1 atom stereocenters. The molecule has 1 aromatic rings. The average molecular weight is 235 g/mol. The maximum atomic E-state index is 3.61. The molecule has 2 rings (SSSR count). The molecule has 1 fully saturated rings. The fourth-order valence-corrected chi connectivity index (χ4v) is 2.64. The zero-order valence-electron chi connectivity index (χ0n) is 10.2. The van der Waals surface area contributed by atoms with Gasteiger partial charge < -0.3 is 5.32 Å². The van der Waals surface area contributed by atoms with Gasteiger partial charge in [0.1, 0.15) is 0 Å². The first-order valence-electron chi connectivity index (χ1n) is 6.18. The Labute approximate surface area is 103 Å². The number of aryl methyl sites for hydroxylation is 1. The van der Waals surface area contributed by atoms with E-state index in [1.165, 1.54) is 29.1 Å². The summed E-state index contributed by atoms with van der Waals surface area (Å²) in [6.07, 6.45) is 2.86. The van der Waals surface area contributed by atoms with Crippen LogP contribution in [-0.4, -0.2) is 18.3 Å². The maximum absolute atomic E-state index is 3.61. The van der Waals surface area contributed by atoms with Crippen molar-refractivity contribution in [1.82, 2.24) is 5.32 Å². The molecular formula is C14H21NS. The number of nitrogens with one attached hydrogen (secondary N) is 1. The van der Waals surface area contributed by atoms with Crippen molar-refractivity contribution < 1.29 is 0 Å². The van der Waals surface area contributed by atoms with Crippen LogP contribution in [0.4, 0.5) is 0 Å². The highest BCUT2D eigenvalue weighted by Crippen LogP contribution is 2.32. The molecule has 1 aliphatic carbocycles. The summed E-state index contributed by atoms with van der Waals surface area (Å²) in [5.74, 6) is 2.13. The molecule has 0 spiro atoms. The second-order valence-corrected chi connectivity index (χ2v) is 5.91. The lowest BCUT2D eigenvalue weighted by Crippen LogP contribution is -2.29. The van der Waals surface area contributed by atoms with Crippen LogP contribution in [-0.2, 0) is 0 Å². The topological polar surface area (TPSA) is 12.0 Å². The van der Waals surface area contributed by atoms with Crippen LogP contribution < -0.4 is 5.32 Å². The van der Waals surface area contributed by atoms with Crippen LogP contribution in [0.3, 0.4) is 0 Å². The molecule has 0 bridgehead atoms. The van der Waals surface area contributed by atoms with E-state index in [2.05, 4.69) is 43.4 Å². The highest BCUT2D eigenvalue weighted by Gasteiger charge is 2.26. The molecule has 0 radical (unpaired) electrons. The smallest absolute Gasteiger partial charge is 0.0106 e. The summed E-state index contributed by atoms with van der Waals surface area (Å²) in [4.78, 5) is 1.38. The molecule has 88 valence electrons. The summed E-state index contributed by atoms with van der Waals surface area (Å²) in [5, 5.41) is 3.61. The van der Waals surface area contributed by atoms with Gasteiger partial charge in [0.05, 0.1) is 0 Å². The van der Waals surface area contributed by atoms with Crippen LogP contribution in [0, 0.1) is 12.8 Å². The monoisotopic (exact) mass is 235 g/mol. The van der Waals surface area contributed by atoms with Crippen molar-refractivity contribution in [3.63, 3.8) is 0 Å². The van der Waals surface area contributed by atoms with Crippen LogP contribution in [0.2, 0.25) is 0 Å². The number of hydrogen-bond donors (Lipinski definition) is 1. The fraction of sp³-hybridized carbons (Fsp3) is 0.571. The zero-order chi connectivity index (χ0) is 11.4. The molecule has 2 heteroatoms. The van der Waals surface area contributed by atoms with Gasteiger partial charge >= 0.3 is 0 Å². The highest BCUT2D eigenvalue weighted by atomic mass is 32.2. The Morgan fingerprint density at radius 2 is 2.00 bits per heavy atom. The van der Waals surface area contributed by atoms with Crippen LogP contribution in [0.25, 0.3) is 0 Å². The molecule has 1 nitrogen and oxygen atoms in total. The first-order chi connectivity index (χ1) is 7.75. The van der Waals surface area contributed by atoms with Gasteiger partial charge in [-0.3, -0.25) is 0 Å². The Kier molecular flexibility index (Phi) is 4.30. The molecule has 1 unspecified atom stereocenters. The molecule has 0 aliphatic heterocycles. The van der Waals surface area contributed by atoms with E-state index in [1.807, 2.05) is 11.8 Å². The minimum Gasteiger partial charge on any atom is -0.313 e. The third kappa shape index (κ3) is 3.84. The minimum absolute atomic E-state index is 0.721. The standard InChI is InChI=1S/C14H21NS/c1-11-3-7-14(8-4-11)16-10-9-15-12(2)13-5-6-13/h3-4,7-8,12-13,15H,5-6,9-10H2,1-2H3. The lowest BCUT2D eigenvalue weighted by molar-refractivity contribution is 0.514. The van der Waals surface area contributed by atoms with Gasteiger partial charge in [-0.05, 0) is 44.7 Å². The van der Waals surface area contributed by atoms with Crippen molar-refractivity contribution in [2.24, 2.45) is 5.92 Å². The van der Waals surface area contributed by atoms with Gasteiger partial charge in [0.15, 0.2) is 0 Å². The first-order valence-corrected chi connectivity index (χ1v) is 7.17. The molecule has 1 N–H and O–H groups in total. The number of hydrogen-bond acceptors (Lipinski definition) is 2. The Morgan fingerprint density at radius 1 is 1.31 bits per heavy atom. The lowest BCUT2D eigenvalue weighted by atomic mass is 10.2. The van der Waals surface area contributed by atoms with Crippen molar-refractivity contribution >= 4 is 11.8 Å². The normalized spacial score (nSPS) is 17.4. The van der Waals surface area contributed by atoms with E-state index < -0.39 is 0 Å². The molecule has 16 heavy (non-hydrogen) atoms. The molecule has 0 aromatic heterocycles. The zero-order valence-corrected chi connectivity index (χ0v) is 11.0. The molecule has 1 saturated carbocycles. The van der Waals surface area contributed by atoms with Crippen LogP contribution in [0.5, 0.6) is 0 Å². The molecule has 1 aromatic carbocycles. The quantitative estimate of drug-likeness (QED) is 0.598. The summed E-state index contributed by atoms with van der Waals surface area (Å²) in [6.45, 7) is 5.57. The molecule has 1 aliphatic rings. The van der Waals surface area contributed by atoms with Crippen LogP contribution in [0.15, 0.2) is 29.2 Å². The summed E-state index contributed by atoms with van der Waals surface area (Å²) >= 11 is 1.94. The Bertz CT molecular complexity index is 316. The third-order valence-corrected chi connectivity index (χ3v) is 4.20. The predicted octanol–water partition coefficient (Wildman–Crippen LogP) is 3.48. The lowest BCUT2D eigenvalue weighted by Gasteiger charge is -2.12. The van der Waals surface area contributed by atoms with Crippen molar-refractivity contribution in [3.05, 3.63) is 29.8 Å². The second-order valence-electron chi connectivity index (χ2n) is 4.74. The Hall–Kier alpha value is -0.470. The first kappa shape index (κ1) is 12.0. The minimum atomic E-state index is 0.721. The van der Waals surface area contributed by atoms with Gasteiger partial charge in [0.2, 0.25) is 0 Å². The SMILES string of the molecule is Cc1ccc(SCCNC(C)C2CC2)cc1. The summed E-state index contributed by atoms with van der Waals surface area (Å²) in [6, 6.07) is 9.51. The Morgan fingerprint density at radius 3 is 2.62 bits per heavy atom. The average Bonchev–Trinajstić information content (AvgIpc) is 3.10. The molecular weight excluding hydrogens is 214 g/mol. The highest BCUT2D eigenvalue weighted by molar-refractivity contribution is 7.99. The Balaban J connectivity index is 1.62. The summed E-state index contributed by atoms with van der Waals surface area (Å²) in [5.41, 5.74) is 1.34. The largest absolute Gasteiger partial charge is 0.313 e. The predicted molar refractivity (Wildman–Crippen MR) is 72.1 cm³/mol. The van der Waals surface area contributed by atoms with E-state index in [9.17, 15) is 0 Å². The maximum Gasteiger partial charge on any atom is 0.0106 e. The summed E-state index contributed by atoms with van der Waals surface area (Å²) < 4.78 is 0. The van der Waals surface area contributed by atoms with Gasteiger partial charge in [0, 0.05) is 23.2 Å². The van der Waals surface area contributed by atoms with E-state index in [-0.39, 0.29) is 0 Å². The van der Waals surface area contributed by atoms with E-state index in [1.54, 1.807) is 0 Å². The van der Waals surface area contributed by atoms with E-state index in [0.29, 0.717) is 0 Å². The number of rotatable bonds is 6. The number of thioether (sulfide) groups is 1. The van der Waals surface area contributed by atoms with E-state index >= 15 is 0 Å². The van der Waals surface area contributed by atoms with Gasteiger partial charge in [-0.2, -0.15) is 0 Å². The van der Waals surface area contributed by atoms with Gasteiger partial charge in [-0.15, -0.1) is 11.8 Å². The van der Waals surface area contributed by atoms with Crippen molar-refractivity contribution in [2.75, 3.05) is 12.3 Å². The van der Waals surface area contributed by atoms with Crippen molar-refractivity contribution in [3.8, 4) is 0 Å². The van der Waals surface area contributed by atoms with Crippen molar-refractivity contribution in [2.45, 2.75) is 37.6 Å². The second kappa shape index (κ2) is 5.74. The molecule has 0 saturated heterocycles. The summed E-state index contributed by atoms with van der Waals surface area (Å²) in [7, 11) is 0. The van der Waals surface area contributed by atoms with Crippen molar-refractivity contribution in [1.29, 1.82) is 0 Å². The van der Waals surface area contributed by atoms with E-state index in [0.717, 1.165) is 18.5 Å². The van der Waals surface area contributed by atoms with Crippen LogP contribution in [0.1, 0.15) is 25.3 Å². The molecule has 0 heterocycles. The third-order valence-electron chi connectivity index (χ3n) is 3.19. The van der Waals surface area contributed by atoms with Gasteiger partial charge in [-0.1, -0.05) is 17.7 Å². The van der Waals surface area contributed by atoms with E-state index in [4.69, 9.17) is 0 Å². The molecule has 0 amide bonds. The fourth-order valence-electron chi connectivity index (χ4n) is 1.85. The van der Waals surface area contributed by atoms with Gasteiger partial charge in [0.25, 0.3) is 0 Å². The number of benzene rings is 1. The van der Waals surface area contributed by atoms with Crippen LogP contribution >= 0.6 is 11.8 Å².